The highest BCUT2D eigenvalue weighted by Gasteiger charge is 2.36. The number of rotatable bonds is 1. The molecule has 0 amide bonds. The maximum Gasteiger partial charge on any atom is 0.202 e. The summed E-state index contributed by atoms with van der Waals surface area (Å²) in [6, 6.07) is 17.5. The predicted molar refractivity (Wildman–Crippen MR) is 85.5 cm³/mol. The summed E-state index contributed by atoms with van der Waals surface area (Å²) in [5.74, 6) is -0.0532. The fourth-order valence-electron chi connectivity index (χ4n) is 2.79. The average molecular weight is 292 g/mol. The first-order valence-electron chi connectivity index (χ1n) is 6.76. The molecule has 0 radical (unpaired) electrons. The Hall–Kier alpha value is -2.23. The molecule has 1 N–H and O–H groups in total. The van der Waals surface area contributed by atoms with Gasteiger partial charge in [0.05, 0.1) is 4.88 Å². The summed E-state index contributed by atoms with van der Waals surface area (Å²) in [5, 5.41) is 11.6. The second kappa shape index (κ2) is 4.65. The SMILES string of the molecule is O=C1/C(=C/c2ccccc2)[C@H](O)c2c1sc1ccccc21. The fraction of sp³-hybridized carbons (Fsp3) is 0.0556. The number of carbonyl (C=O) groups is 1. The molecule has 1 atom stereocenters. The molecule has 0 aliphatic heterocycles. The predicted octanol–water partition coefficient (Wildman–Crippen LogP) is 4.21. The maximum absolute atomic E-state index is 12.6. The van der Waals surface area contributed by atoms with E-state index in [1.54, 1.807) is 6.08 Å². The van der Waals surface area contributed by atoms with Gasteiger partial charge < -0.3 is 5.11 Å². The van der Waals surface area contributed by atoms with Crippen LogP contribution in [-0.4, -0.2) is 10.9 Å². The molecule has 0 spiro atoms. The molecule has 4 rings (SSSR count). The van der Waals surface area contributed by atoms with Gasteiger partial charge in [-0.2, -0.15) is 0 Å². The highest BCUT2D eigenvalue weighted by molar-refractivity contribution is 7.21. The Labute approximate surface area is 126 Å². The third kappa shape index (κ3) is 1.86. The lowest BCUT2D eigenvalue weighted by Crippen LogP contribution is -1.99. The monoisotopic (exact) mass is 292 g/mol. The number of carbonyl (C=O) groups excluding carboxylic acids is 1. The third-order valence-corrected chi connectivity index (χ3v) is 4.98. The third-order valence-electron chi connectivity index (χ3n) is 3.79. The molecule has 0 saturated carbocycles. The van der Waals surface area contributed by atoms with Crippen LogP contribution in [0.1, 0.15) is 26.9 Å². The first kappa shape index (κ1) is 12.5. The van der Waals surface area contributed by atoms with E-state index in [2.05, 4.69) is 0 Å². The second-order valence-electron chi connectivity index (χ2n) is 5.08. The van der Waals surface area contributed by atoms with Crippen LogP contribution in [0.5, 0.6) is 0 Å². The van der Waals surface area contributed by atoms with Gasteiger partial charge >= 0.3 is 0 Å². The molecular weight excluding hydrogens is 280 g/mol. The van der Waals surface area contributed by atoms with Gasteiger partial charge in [0.2, 0.25) is 5.78 Å². The molecular formula is C18H12O2S. The summed E-state index contributed by atoms with van der Waals surface area (Å²) in [7, 11) is 0. The van der Waals surface area contributed by atoms with Crippen LogP contribution >= 0.6 is 11.3 Å². The Morgan fingerprint density at radius 2 is 1.71 bits per heavy atom. The molecule has 1 heterocycles. The fourth-order valence-corrected chi connectivity index (χ4v) is 3.99. The number of hydrogen-bond donors (Lipinski definition) is 1. The normalized spacial score (nSPS) is 19.4. The Bertz CT molecular complexity index is 875. The van der Waals surface area contributed by atoms with Crippen LogP contribution in [0, 0.1) is 0 Å². The van der Waals surface area contributed by atoms with Crippen LogP contribution in [0.3, 0.4) is 0 Å². The maximum atomic E-state index is 12.6. The highest BCUT2D eigenvalue weighted by atomic mass is 32.1. The molecule has 21 heavy (non-hydrogen) atoms. The van der Waals surface area contributed by atoms with Crippen molar-refractivity contribution in [3.63, 3.8) is 0 Å². The van der Waals surface area contributed by atoms with E-state index < -0.39 is 6.10 Å². The summed E-state index contributed by atoms with van der Waals surface area (Å²) in [6.45, 7) is 0. The topological polar surface area (TPSA) is 37.3 Å². The van der Waals surface area contributed by atoms with E-state index in [9.17, 15) is 9.90 Å². The quantitative estimate of drug-likeness (QED) is 0.682. The zero-order valence-corrected chi connectivity index (χ0v) is 11.9. The van der Waals surface area contributed by atoms with Crippen LogP contribution < -0.4 is 0 Å². The van der Waals surface area contributed by atoms with Gasteiger partial charge in [-0.25, -0.2) is 0 Å². The van der Waals surface area contributed by atoms with Crippen molar-refractivity contribution in [3.8, 4) is 0 Å². The Balaban J connectivity index is 1.88. The summed E-state index contributed by atoms with van der Waals surface area (Å²) in [5.41, 5.74) is 2.16. The van der Waals surface area contributed by atoms with Crippen molar-refractivity contribution in [2.24, 2.45) is 0 Å². The van der Waals surface area contributed by atoms with Crippen LogP contribution in [0.25, 0.3) is 16.2 Å². The van der Waals surface area contributed by atoms with Gasteiger partial charge in [-0.15, -0.1) is 11.3 Å². The zero-order valence-electron chi connectivity index (χ0n) is 11.1. The zero-order chi connectivity index (χ0) is 14.4. The molecule has 1 aliphatic carbocycles. The van der Waals surface area contributed by atoms with Crippen LogP contribution in [-0.2, 0) is 0 Å². The number of benzene rings is 2. The number of Topliss-reactive ketones (excluding diaryl/α,β-unsaturated/α-hetero) is 1. The lowest BCUT2D eigenvalue weighted by Gasteiger charge is -2.05. The first-order chi connectivity index (χ1) is 10.3. The van der Waals surface area contributed by atoms with Crippen LogP contribution in [0.2, 0.25) is 0 Å². The van der Waals surface area contributed by atoms with E-state index in [1.165, 1.54) is 11.3 Å². The van der Waals surface area contributed by atoms with Gasteiger partial charge in [-0.1, -0.05) is 48.5 Å². The van der Waals surface area contributed by atoms with Crippen molar-refractivity contribution in [2.45, 2.75) is 6.10 Å². The van der Waals surface area contributed by atoms with Gasteiger partial charge in [0.25, 0.3) is 0 Å². The minimum Gasteiger partial charge on any atom is -0.383 e. The molecule has 0 unspecified atom stereocenters. The van der Waals surface area contributed by atoms with Crippen LogP contribution in [0.4, 0.5) is 0 Å². The molecule has 2 nitrogen and oxygen atoms in total. The van der Waals surface area contributed by atoms with E-state index >= 15 is 0 Å². The number of thiophene rings is 1. The largest absolute Gasteiger partial charge is 0.383 e. The summed E-state index contributed by atoms with van der Waals surface area (Å²) < 4.78 is 1.05. The van der Waals surface area contributed by atoms with E-state index in [1.807, 2.05) is 54.6 Å². The molecule has 0 saturated heterocycles. The summed E-state index contributed by atoms with van der Waals surface area (Å²) in [4.78, 5) is 13.2. The van der Waals surface area contributed by atoms with Crippen molar-refractivity contribution < 1.29 is 9.90 Å². The molecule has 1 aromatic heterocycles. The minimum atomic E-state index is -0.830. The van der Waals surface area contributed by atoms with Gasteiger partial charge in [0.15, 0.2) is 0 Å². The van der Waals surface area contributed by atoms with Crippen molar-refractivity contribution in [1.29, 1.82) is 0 Å². The number of aliphatic hydroxyl groups is 1. The number of fused-ring (bicyclic) bond motifs is 3. The lowest BCUT2D eigenvalue weighted by atomic mass is 10.0. The Morgan fingerprint density at radius 1 is 1.00 bits per heavy atom. The Morgan fingerprint density at radius 3 is 2.52 bits per heavy atom. The van der Waals surface area contributed by atoms with Crippen molar-refractivity contribution in [1.82, 2.24) is 0 Å². The average Bonchev–Trinajstić information content (AvgIpc) is 3.00. The smallest absolute Gasteiger partial charge is 0.202 e. The van der Waals surface area contributed by atoms with E-state index in [0.717, 1.165) is 21.2 Å². The van der Waals surface area contributed by atoms with Gasteiger partial charge in [0.1, 0.15) is 6.10 Å². The molecule has 102 valence electrons. The molecule has 1 aliphatic rings. The van der Waals surface area contributed by atoms with E-state index in [4.69, 9.17) is 0 Å². The molecule has 2 aromatic carbocycles. The van der Waals surface area contributed by atoms with Gasteiger partial charge in [-0.05, 0) is 23.1 Å². The molecule has 0 bridgehead atoms. The number of hydrogen-bond acceptors (Lipinski definition) is 3. The highest BCUT2D eigenvalue weighted by Crippen LogP contribution is 2.45. The minimum absolute atomic E-state index is 0.0532. The van der Waals surface area contributed by atoms with E-state index in [-0.39, 0.29) is 5.78 Å². The standard InChI is InChI=1S/C18H12O2S/c19-16-13(10-11-6-2-1-3-7-11)17(20)18-15(16)12-8-4-5-9-14(12)21-18/h1-10,16,19H/b13-10+/t16-/m0/s1. The summed E-state index contributed by atoms with van der Waals surface area (Å²) in [6.07, 6.45) is 0.956. The Kier molecular flexibility index (Phi) is 2.77. The second-order valence-corrected chi connectivity index (χ2v) is 6.14. The number of ketones is 1. The van der Waals surface area contributed by atoms with Crippen LogP contribution in [0.15, 0.2) is 60.2 Å². The first-order valence-corrected chi connectivity index (χ1v) is 7.58. The van der Waals surface area contributed by atoms with Crippen molar-refractivity contribution in [2.75, 3.05) is 0 Å². The van der Waals surface area contributed by atoms with Gasteiger partial charge in [0, 0.05) is 15.8 Å². The summed E-state index contributed by atoms with van der Waals surface area (Å²) >= 11 is 1.46. The number of aliphatic hydroxyl groups excluding tert-OH is 1. The van der Waals surface area contributed by atoms with Crippen molar-refractivity contribution >= 4 is 33.3 Å². The molecule has 0 fully saturated rings. The molecule has 3 aromatic rings. The van der Waals surface area contributed by atoms with Gasteiger partial charge in [-0.3, -0.25) is 4.79 Å². The lowest BCUT2D eigenvalue weighted by molar-refractivity contribution is 0.102. The molecule has 3 heteroatoms. The van der Waals surface area contributed by atoms with E-state index in [0.29, 0.717) is 10.5 Å². The van der Waals surface area contributed by atoms with Crippen molar-refractivity contribution in [3.05, 3.63) is 76.2 Å².